The van der Waals surface area contributed by atoms with Crippen LogP contribution in [0.1, 0.15) is 30.6 Å². The summed E-state index contributed by atoms with van der Waals surface area (Å²) < 4.78 is 1.06. The zero-order valence-corrected chi connectivity index (χ0v) is 12.6. The minimum Gasteiger partial charge on any atom is -0.350 e. The molecule has 0 saturated heterocycles. The van der Waals surface area contributed by atoms with Gasteiger partial charge in [0.15, 0.2) is 0 Å². The van der Waals surface area contributed by atoms with Crippen LogP contribution in [0.3, 0.4) is 0 Å². The van der Waals surface area contributed by atoms with Crippen molar-refractivity contribution in [3.8, 4) is 0 Å². The molecule has 1 fully saturated rings. The minimum atomic E-state index is -0.617. The molecule has 1 amide bonds. The molecule has 0 aliphatic heterocycles. The van der Waals surface area contributed by atoms with Crippen LogP contribution in [-0.4, -0.2) is 11.4 Å². The number of amides is 1. The van der Waals surface area contributed by atoms with Crippen LogP contribution in [-0.2, 0) is 11.3 Å². The summed E-state index contributed by atoms with van der Waals surface area (Å²) in [6.45, 7) is 0.577. The van der Waals surface area contributed by atoms with E-state index in [4.69, 9.17) is 5.73 Å². The number of carbonyl (C=O) groups is 1. The maximum atomic E-state index is 11.9. The van der Waals surface area contributed by atoms with Crippen molar-refractivity contribution in [2.24, 2.45) is 5.73 Å². The first-order valence-corrected chi connectivity index (χ1v) is 7.07. The second-order valence-corrected chi connectivity index (χ2v) is 6.19. The van der Waals surface area contributed by atoms with Crippen molar-refractivity contribution in [3.63, 3.8) is 0 Å². The van der Waals surface area contributed by atoms with Gasteiger partial charge >= 0.3 is 0 Å². The molecule has 1 aromatic rings. The molecule has 6 heteroatoms. The molecule has 1 aliphatic carbocycles. The molecule has 0 atom stereocenters. The lowest BCUT2D eigenvalue weighted by Gasteiger charge is -2.21. The van der Waals surface area contributed by atoms with Crippen LogP contribution in [0.2, 0.25) is 0 Å². The number of carbonyl (C=O) groups excluding carboxylic acids is 1. The van der Waals surface area contributed by atoms with Gasteiger partial charge in [-0.1, -0.05) is 12.8 Å². The fourth-order valence-corrected chi connectivity index (χ4v) is 3.41. The van der Waals surface area contributed by atoms with Crippen LogP contribution in [0.4, 0.5) is 0 Å². The molecule has 0 unspecified atom stereocenters. The molecule has 0 radical (unpaired) electrons. The average molecular weight is 340 g/mol. The van der Waals surface area contributed by atoms with E-state index in [1.165, 1.54) is 0 Å². The lowest BCUT2D eigenvalue weighted by Crippen LogP contribution is -2.51. The first-order valence-electron chi connectivity index (χ1n) is 5.40. The van der Waals surface area contributed by atoms with E-state index in [1.807, 2.05) is 11.4 Å². The molecule has 17 heavy (non-hydrogen) atoms. The Morgan fingerprint density at radius 2 is 2.18 bits per heavy atom. The minimum absolute atomic E-state index is 0. The number of halogens is 2. The molecule has 0 bridgehead atoms. The molecule has 1 heterocycles. The maximum Gasteiger partial charge on any atom is 0.240 e. The molecule has 1 aliphatic rings. The van der Waals surface area contributed by atoms with Gasteiger partial charge in [0.25, 0.3) is 0 Å². The van der Waals surface area contributed by atoms with E-state index >= 15 is 0 Å². The Kier molecular flexibility index (Phi) is 5.44. The van der Waals surface area contributed by atoms with E-state index in [1.54, 1.807) is 11.3 Å². The van der Waals surface area contributed by atoms with Crippen LogP contribution < -0.4 is 11.1 Å². The highest BCUT2D eigenvalue weighted by Gasteiger charge is 2.36. The highest BCUT2D eigenvalue weighted by atomic mass is 79.9. The molecule has 3 nitrogen and oxygen atoms in total. The van der Waals surface area contributed by atoms with Crippen LogP contribution in [0.15, 0.2) is 15.9 Å². The summed E-state index contributed by atoms with van der Waals surface area (Å²) in [5.41, 5.74) is 5.44. The van der Waals surface area contributed by atoms with E-state index in [0.29, 0.717) is 6.54 Å². The molecule has 0 spiro atoms. The van der Waals surface area contributed by atoms with Crippen molar-refractivity contribution in [2.75, 3.05) is 0 Å². The van der Waals surface area contributed by atoms with E-state index in [9.17, 15) is 4.79 Å². The predicted octanol–water partition coefficient (Wildman–Crippen LogP) is 2.82. The second-order valence-electron chi connectivity index (χ2n) is 4.28. The standard InChI is InChI=1S/C11H15BrN2OS.ClH/c12-8-5-9(16-7-8)6-14-10(15)11(13)3-1-2-4-11;/h5,7H,1-4,6,13H2,(H,14,15);1H. The van der Waals surface area contributed by atoms with Crippen molar-refractivity contribution in [2.45, 2.75) is 37.8 Å². The molecule has 2 rings (SSSR count). The Morgan fingerprint density at radius 3 is 2.71 bits per heavy atom. The van der Waals surface area contributed by atoms with Crippen LogP contribution in [0, 0.1) is 0 Å². The first-order chi connectivity index (χ1) is 7.60. The van der Waals surface area contributed by atoms with Crippen LogP contribution >= 0.6 is 39.7 Å². The van der Waals surface area contributed by atoms with Gasteiger partial charge in [0, 0.05) is 14.7 Å². The number of rotatable bonds is 3. The average Bonchev–Trinajstić information content (AvgIpc) is 2.85. The Morgan fingerprint density at radius 1 is 1.53 bits per heavy atom. The molecular formula is C11H16BrClN2OS. The van der Waals surface area contributed by atoms with Gasteiger partial charge in [-0.05, 0) is 34.8 Å². The Hall–Kier alpha value is -0.100. The monoisotopic (exact) mass is 338 g/mol. The van der Waals surface area contributed by atoms with Crippen molar-refractivity contribution in [1.82, 2.24) is 5.32 Å². The third-order valence-corrected chi connectivity index (χ3v) is 4.69. The molecular weight excluding hydrogens is 324 g/mol. The van der Waals surface area contributed by atoms with Crippen molar-refractivity contribution in [3.05, 3.63) is 20.8 Å². The Balaban J connectivity index is 0.00000144. The molecule has 96 valence electrons. The fourth-order valence-electron chi connectivity index (χ4n) is 2.02. The molecule has 1 saturated carbocycles. The Labute approximate surface area is 120 Å². The van der Waals surface area contributed by atoms with Gasteiger partial charge < -0.3 is 11.1 Å². The van der Waals surface area contributed by atoms with Crippen molar-refractivity contribution < 1.29 is 4.79 Å². The predicted molar refractivity (Wildman–Crippen MR) is 76.5 cm³/mol. The van der Waals surface area contributed by atoms with E-state index in [2.05, 4.69) is 21.2 Å². The third kappa shape index (κ3) is 3.68. The third-order valence-electron chi connectivity index (χ3n) is 2.99. The second kappa shape index (κ2) is 6.18. The van der Waals surface area contributed by atoms with Gasteiger partial charge in [-0.2, -0.15) is 0 Å². The Bertz CT molecular complexity index is 391. The van der Waals surface area contributed by atoms with Gasteiger partial charge in [0.2, 0.25) is 5.91 Å². The lowest BCUT2D eigenvalue weighted by atomic mass is 9.98. The smallest absolute Gasteiger partial charge is 0.240 e. The SMILES string of the molecule is Cl.NC1(C(=O)NCc2cc(Br)cs2)CCCC1. The summed E-state index contributed by atoms with van der Waals surface area (Å²) in [6.07, 6.45) is 3.75. The van der Waals surface area contributed by atoms with Gasteiger partial charge in [-0.15, -0.1) is 23.7 Å². The zero-order chi connectivity index (χ0) is 11.6. The zero-order valence-electron chi connectivity index (χ0n) is 9.37. The summed E-state index contributed by atoms with van der Waals surface area (Å²) in [7, 11) is 0. The van der Waals surface area contributed by atoms with Crippen molar-refractivity contribution in [1.29, 1.82) is 0 Å². The number of hydrogen-bond acceptors (Lipinski definition) is 3. The van der Waals surface area contributed by atoms with Crippen LogP contribution in [0.25, 0.3) is 0 Å². The number of thiophene rings is 1. The van der Waals surface area contributed by atoms with Gasteiger partial charge in [-0.25, -0.2) is 0 Å². The molecule has 3 N–H and O–H groups in total. The van der Waals surface area contributed by atoms with Crippen LogP contribution in [0.5, 0.6) is 0 Å². The highest BCUT2D eigenvalue weighted by molar-refractivity contribution is 9.10. The summed E-state index contributed by atoms with van der Waals surface area (Å²) in [4.78, 5) is 13.0. The largest absolute Gasteiger partial charge is 0.350 e. The summed E-state index contributed by atoms with van der Waals surface area (Å²) in [6, 6.07) is 2.02. The highest BCUT2D eigenvalue weighted by Crippen LogP contribution is 2.27. The first kappa shape index (κ1) is 15.0. The molecule has 0 aromatic carbocycles. The van der Waals surface area contributed by atoms with Gasteiger partial charge in [0.1, 0.15) is 0 Å². The van der Waals surface area contributed by atoms with E-state index in [0.717, 1.165) is 35.0 Å². The summed E-state index contributed by atoms with van der Waals surface area (Å²) in [5, 5.41) is 4.93. The number of nitrogens with two attached hydrogens (primary N) is 1. The van der Waals surface area contributed by atoms with E-state index < -0.39 is 5.54 Å². The maximum absolute atomic E-state index is 11.9. The normalized spacial score (nSPS) is 17.5. The van der Waals surface area contributed by atoms with Gasteiger partial charge in [0.05, 0.1) is 12.1 Å². The topological polar surface area (TPSA) is 55.1 Å². The van der Waals surface area contributed by atoms with E-state index in [-0.39, 0.29) is 18.3 Å². The van der Waals surface area contributed by atoms with Gasteiger partial charge in [-0.3, -0.25) is 4.79 Å². The molecule has 1 aromatic heterocycles. The number of nitrogens with one attached hydrogen (secondary N) is 1. The van der Waals surface area contributed by atoms with Crippen molar-refractivity contribution >= 4 is 45.6 Å². The number of hydrogen-bond donors (Lipinski definition) is 2. The fraction of sp³-hybridized carbons (Fsp3) is 0.545. The summed E-state index contributed by atoms with van der Waals surface area (Å²) in [5.74, 6) is -0.00507. The lowest BCUT2D eigenvalue weighted by molar-refractivity contribution is -0.126. The summed E-state index contributed by atoms with van der Waals surface area (Å²) >= 11 is 5.02. The quantitative estimate of drug-likeness (QED) is 0.889.